The Labute approximate surface area is 124 Å². The number of anilines is 1. The van der Waals surface area contributed by atoms with Gasteiger partial charge < -0.3 is 15.2 Å². The van der Waals surface area contributed by atoms with Gasteiger partial charge in [-0.05, 0) is 31.7 Å². The summed E-state index contributed by atoms with van der Waals surface area (Å²) in [5.41, 5.74) is 8.04. The predicted molar refractivity (Wildman–Crippen MR) is 83.4 cm³/mol. The van der Waals surface area contributed by atoms with Crippen molar-refractivity contribution < 1.29 is 9.47 Å². The fourth-order valence-electron chi connectivity index (χ4n) is 2.73. The smallest absolute Gasteiger partial charge is 0.128 e. The lowest BCUT2D eigenvalue weighted by Crippen LogP contribution is -2.31. The molecule has 0 amide bonds. The molecule has 1 atom stereocenters. The van der Waals surface area contributed by atoms with Gasteiger partial charge in [0.05, 0.1) is 19.2 Å². The molecule has 2 heterocycles. The van der Waals surface area contributed by atoms with Crippen LogP contribution in [0.2, 0.25) is 0 Å². The predicted octanol–water partition coefficient (Wildman–Crippen LogP) is 2.05. The zero-order chi connectivity index (χ0) is 14.8. The third kappa shape index (κ3) is 2.94. The first-order chi connectivity index (χ1) is 10.2. The average molecular weight is 287 g/mol. The van der Waals surface area contributed by atoms with Gasteiger partial charge in [0.2, 0.25) is 0 Å². The summed E-state index contributed by atoms with van der Waals surface area (Å²) in [6, 6.07) is 8.45. The van der Waals surface area contributed by atoms with Gasteiger partial charge in [-0.2, -0.15) is 0 Å². The van der Waals surface area contributed by atoms with Gasteiger partial charge in [-0.25, -0.2) is 4.98 Å². The first-order valence-corrected chi connectivity index (χ1v) is 7.18. The summed E-state index contributed by atoms with van der Waals surface area (Å²) < 4.78 is 10.7. The molecule has 0 aliphatic carbocycles. The Morgan fingerprint density at radius 2 is 2.29 bits per heavy atom. The molecule has 1 aliphatic rings. The van der Waals surface area contributed by atoms with Gasteiger partial charge in [-0.15, -0.1) is 0 Å². The number of likely N-dealkylation sites (N-methyl/N-ethyl adjacent to an activating group) is 1. The van der Waals surface area contributed by atoms with Crippen LogP contribution >= 0.6 is 0 Å². The van der Waals surface area contributed by atoms with Crippen LogP contribution in [-0.2, 0) is 11.3 Å². The number of nitrogens with zero attached hydrogens (tertiary/aromatic N) is 2. The Morgan fingerprint density at radius 3 is 3.00 bits per heavy atom. The van der Waals surface area contributed by atoms with Crippen molar-refractivity contribution in [1.29, 1.82) is 0 Å². The summed E-state index contributed by atoms with van der Waals surface area (Å²) in [6.07, 6.45) is 1.08. The summed E-state index contributed by atoms with van der Waals surface area (Å²) in [5.74, 6) is 1.38. The maximum atomic E-state index is 6.12. The van der Waals surface area contributed by atoms with Crippen LogP contribution < -0.4 is 10.5 Å². The van der Waals surface area contributed by atoms with E-state index in [1.165, 1.54) is 0 Å². The second kappa shape index (κ2) is 5.87. The number of hydrogen-bond acceptors (Lipinski definition) is 5. The second-order valence-corrected chi connectivity index (χ2v) is 5.52. The minimum Gasteiger partial charge on any atom is -0.497 e. The zero-order valence-corrected chi connectivity index (χ0v) is 12.5. The molecule has 1 aliphatic heterocycles. The van der Waals surface area contributed by atoms with Gasteiger partial charge >= 0.3 is 0 Å². The summed E-state index contributed by atoms with van der Waals surface area (Å²) >= 11 is 0. The van der Waals surface area contributed by atoms with Crippen molar-refractivity contribution in [2.24, 2.45) is 0 Å². The van der Waals surface area contributed by atoms with E-state index in [0.717, 1.165) is 48.4 Å². The first kappa shape index (κ1) is 14.1. The molecule has 0 bridgehead atoms. The number of nitrogens with two attached hydrogens (primary N) is 1. The lowest BCUT2D eigenvalue weighted by Gasteiger charge is -2.23. The largest absolute Gasteiger partial charge is 0.497 e. The molecule has 0 spiro atoms. The molecule has 21 heavy (non-hydrogen) atoms. The summed E-state index contributed by atoms with van der Waals surface area (Å²) in [4.78, 5) is 6.79. The van der Waals surface area contributed by atoms with Crippen molar-refractivity contribution in [3.8, 4) is 5.75 Å². The van der Waals surface area contributed by atoms with Gasteiger partial charge in [0.15, 0.2) is 0 Å². The third-order valence-electron chi connectivity index (χ3n) is 4.09. The molecule has 3 rings (SSSR count). The van der Waals surface area contributed by atoms with Crippen LogP contribution in [0.25, 0.3) is 10.9 Å². The number of nitrogen functional groups attached to an aromatic ring is 1. The number of hydrogen-bond donors (Lipinski definition) is 1. The maximum absolute atomic E-state index is 6.12. The molecule has 5 nitrogen and oxygen atoms in total. The van der Waals surface area contributed by atoms with Crippen LogP contribution in [0.4, 0.5) is 5.82 Å². The lowest BCUT2D eigenvalue weighted by molar-refractivity contribution is 0.156. The summed E-state index contributed by atoms with van der Waals surface area (Å²) in [7, 11) is 3.76. The van der Waals surface area contributed by atoms with Gasteiger partial charge in [0, 0.05) is 36.2 Å². The quantitative estimate of drug-likeness (QED) is 0.932. The van der Waals surface area contributed by atoms with Crippen molar-refractivity contribution in [2.75, 3.05) is 33.1 Å². The van der Waals surface area contributed by atoms with Crippen molar-refractivity contribution in [3.63, 3.8) is 0 Å². The molecule has 0 radical (unpaired) electrons. The number of benzene rings is 1. The van der Waals surface area contributed by atoms with E-state index in [0.29, 0.717) is 11.9 Å². The van der Waals surface area contributed by atoms with E-state index in [1.807, 2.05) is 18.2 Å². The monoisotopic (exact) mass is 287 g/mol. The number of rotatable bonds is 4. The molecule has 1 saturated heterocycles. The highest BCUT2D eigenvalue weighted by Gasteiger charge is 2.21. The average Bonchev–Trinajstić information content (AvgIpc) is 3.02. The van der Waals surface area contributed by atoms with E-state index in [-0.39, 0.29) is 0 Å². The van der Waals surface area contributed by atoms with Crippen LogP contribution in [-0.4, -0.2) is 43.3 Å². The molecule has 1 fully saturated rings. The molecular formula is C16H21N3O2. The Kier molecular flexibility index (Phi) is 3.94. The van der Waals surface area contributed by atoms with Crippen molar-refractivity contribution in [2.45, 2.75) is 19.0 Å². The highest BCUT2D eigenvalue weighted by Crippen LogP contribution is 2.24. The maximum Gasteiger partial charge on any atom is 0.128 e. The Hall–Kier alpha value is -1.85. The molecular weight excluding hydrogens is 266 g/mol. The number of methoxy groups -OCH3 is 1. The molecule has 1 aromatic carbocycles. The normalized spacial score (nSPS) is 18.5. The molecule has 1 unspecified atom stereocenters. The molecule has 2 aromatic rings. The second-order valence-electron chi connectivity index (χ2n) is 5.52. The van der Waals surface area contributed by atoms with Gasteiger partial charge in [0.1, 0.15) is 11.6 Å². The Balaban J connectivity index is 1.86. The molecule has 1 aromatic heterocycles. The van der Waals surface area contributed by atoms with Crippen LogP contribution in [0.15, 0.2) is 24.3 Å². The van der Waals surface area contributed by atoms with E-state index >= 15 is 0 Å². The van der Waals surface area contributed by atoms with E-state index in [1.54, 1.807) is 7.11 Å². The third-order valence-corrected chi connectivity index (χ3v) is 4.09. The molecule has 112 valence electrons. The van der Waals surface area contributed by atoms with Crippen LogP contribution in [0.3, 0.4) is 0 Å². The lowest BCUT2D eigenvalue weighted by atomic mass is 10.1. The first-order valence-electron chi connectivity index (χ1n) is 7.18. The van der Waals surface area contributed by atoms with Crippen LogP contribution in [0.1, 0.15) is 12.0 Å². The van der Waals surface area contributed by atoms with Gasteiger partial charge in [0.25, 0.3) is 0 Å². The van der Waals surface area contributed by atoms with Crippen molar-refractivity contribution >= 4 is 16.7 Å². The van der Waals surface area contributed by atoms with Crippen LogP contribution in [0, 0.1) is 0 Å². The minimum atomic E-state index is 0.468. The van der Waals surface area contributed by atoms with E-state index in [4.69, 9.17) is 15.2 Å². The number of ether oxygens (including phenoxy) is 2. The number of fused-ring (bicyclic) bond motifs is 1. The van der Waals surface area contributed by atoms with E-state index in [2.05, 4.69) is 23.0 Å². The van der Waals surface area contributed by atoms with Gasteiger partial charge in [-0.1, -0.05) is 0 Å². The van der Waals surface area contributed by atoms with Gasteiger partial charge in [-0.3, -0.25) is 4.90 Å². The molecule has 2 N–H and O–H groups in total. The topological polar surface area (TPSA) is 60.6 Å². The fourth-order valence-corrected chi connectivity index (χ4v) is 2.73. The van der Waals surface area contributed by atoms with Crippen LogP contribution in [0.5, 0.6) is 5.75 Å². The standard InChI is InChI=1S/C16H21N3O2/c1-19(13-5-6-21-10-13)9-12-7-11-3-4-14(20-2)8-15(11)18-16(12)17/h3-4,7-8,13H,5-6,9-10H2,1-2H3,(H2,17,18). The zero-order valence-electron chi connectivity index (χ0n) is 12.5. The van der Waals surface area contributed by atoms with Crippen molar-refractivity contribution in [1.82, 2.24) is 9.88 Å². The Morgan fingerprint density at radius 1 is 1.43 bits per heavy atom. The fraction of sp³-hybridized carbons (Fsp3) is 0.438. The van der Waals surface area contributed by atoms with E-state index < -0.39 is 0 Å². The molecule has 5 heteroatoms. The van der Waals surface area contributed by atoms with Crippen molar-refractivity contribution in [3.05, 3.63) is 29.8 Å². The summed E-state index contributed by atoms with van der Waals surface area (Å²) in [5, 5.41) is 1.08. The highest BCUT2D eigenvalue weighted by atomic mass is 16.5. The number of pyridine rings is 1. The SMILES string of the molecule is COc1ccc2cc(CN(C)C3CCOC3)c(N)nc2c1. The molecule has 0 saturated carbocycles. The highest BCUT2D eigenvalue weighted by molar-refractivity contribution is 5.82. The summed E-state index contributed by atoms with van der Waals surface area (Å²) in [6.45, 7) is 2.43. The Bertz CT molecular complexity index is 639. The number of aromatic nitrogens is 1. The minimum absolute atomic E-state index is 0.468. The van der Waals surface area contributed by atoms with E-state index in [9.17, 15) is 0 Å².